The fourth-order valence-corrected chi connectivity index (χ4v) is 8.42. The van der Waals surface area contributed by atoms with E-state index < -0.39 is 10.0 Å². The molecule has 170 valence electrons. The second kappa shape index (κ2) is 8.38. The molecule has 0 bridgehead atoms. The zero-order valence-electron chi connectivity index (χ0n) is 18.7. The van der Waals surface area contributed by atoms with Gasteiger partial charge >= 0.3 is 0 Å². The van der Waals surface area contributed by atoms with Gasteiger partial charge in [0, 0.05) is 24.8 Å². The maximum Gasteiger partial charge on any atom is 0.217 e. The summed E-state index contributed by atoms with van der Waals surface area (Å²) in [6.07, 6.45) is 12.0. The van der Waals surface area contributed by atoms with Crippen molar-refractivity contribution in [2.75, 3.05) is 7.05 Å². The van der Waals surface area contributed by atoms with Crippen LogP contribution in [0.3, 0.4) is 0 Å². The van der Waals surface area contributed by atoms with Gasteiger partial charge in [0.1, 0.15) is 5.82 Å². The monoisotopic (exact) mass is 454 g/mol. The zero-order valence-corrected chi connectivity index (χ0v) is 19.5. The molecule has 2 saturated carbocycles. The summed E-state index contributed by atoms with van der Waals surface area (Å²) in [6, 6.07) is 10.5. The third-order valence-electron chi connectivity index (χ3n) is 8.21. The fraction of sp³-hybridized carbons (Fsp3) is 0.500. The highest BCUT2D eigenvalue weighted by molar-refractivity contribution is 7.90. The normalized spacial score (nSPS) is 34.3. The summed E-state index contributed by atoms with van der Waals surface area (Å²) in [7, 11) is -1.46. The molecule has 0 spiro atoms. The maximum atomic E-state index is 13.5. The van der Waals surface area contributed by atoms with Gasteiger partial charge in [-0.25, -0.2) is 17.1 Å². The number of hydrogen-bond acceptors (Lipinski definition) is 3. The molecule has 4 nitrogen and oxygen atoms in total. The highest BCUT2D eigenvalue weighted by Gasteiger charge is 2.56. The van der Waals surface area contributed by atoms with Gasteiger partial charge in [-0.05, 0) is 73.3 Å². The summed E-state index contributed by atoms with van der Waals surface area (Å²) >= 11 is 0. The van der Waals surface area contributed by atoms with Crippen molar-refractivity contribution in [3.8, 4) is 11.1 Å². The topological polar surface area (TPSA) is 50.3 Å². The molecule has 0 amide bonds. The van der Waals surface area contributed by atoms with Gasteiger partial charge in [-0.3, -0.25) is 4.98 Å². The van der Waals surface area contributed by atoms with Gasteiger partial charge in [0.25, 0.3) is 0 Å². The van der Waals surface area contributed by atoms with Crippen LogP contribution in [-0.2, 0) is 10.0 Å². The molecular formula is C26H31FN2O2S. The molecule has 3 fully saturated rings. The van der Waals surface area contributed by atoms with Crippen molar-refractivity contribution in [2.24, 2.45) is 23.7 Å². The molecule has 1 aromatic carbocycles. The summed E-state index contributed by atoms with van der Waals surface area (Å²) < 4.78 is 41.1. The Morgan fingerprint density at radius 3 is 2.69 bits per heavy atom. The fourth-order valence-electron chi connectivity index (χ4n) is 6.53. The third kappa shape index (κ3) is 3.71. The van der Waals surface area contributed by atoms with E-state index in [1.807, 2.05) is 25.1 Å². The largest absolute Gasteiger partial charge is 0.256 e. The molecule has 2 heterocycles. The zero-order chi connectivity index (χ0) is 22.5. The second-order valence-electron chi connectivity index (χ2n) is 9.77. The van der Waals surface area contributed by atoms with E-state index >= 15 is 0 Å². The number of aromatic nitrogens is 1. The van der Waals surface area contributed by atoms with Crippen LogP contribution < -0.4 is 0 Å². The first-order chi connectivity index (χ1) is 15.4. The summed E-state index contributed by atoms with van der Waals surface area (Å²) in [5, 5.41) is -0.349. The summed E-state index contributed by atoms with van der Waals surface area (Å²) in [5.74, 6) is 1.28. The summed E-state index contributed by atoms with van der Waals surface area (Å²) in [5.41, 5.74) is 2.53. The predicted octanol–water partition coefficient (Wildman–Crippen LogP) is 5.38. The molecule has 2 aromatic rings. The van der Waals surface area contributed by atoms with Gasteiger partial charge in [0.2, 0.25) is 10.0 Å². The van der Waals surface area contributed by atoms with Crippen molar-refractivity contribution in [1.82, 2.24) is 9.29 Å². The number of halogens is 1. The first kappa shape index (κ1) is 21.8. The van der Waals surface area contributed by atoms with Crippen molar-refractivity contribution < 1.29 is 12.8 Å². The molecule has 0 radical (unpaired) electrons. The van der Waals surface area contributed by atoms with Crippen LogP contribution in [0.15, 0.2) is 48.7 Å². The summed E-state index contributed by atoms with van der Waals surface area (Å²) in [6.45, 7) is 1.90. The Morgan fingerprint density at radius 2 is 1.94 bits per heavy atom. The number of pyridine rings is 1. The second-order valence-corrected chi connectivity index (χ2v) is 12.1. The SMILES string of the molecule is CC1C2C(/C=C/c3ccc(-c4cccc(F)c4)cn3)C3CCCCC3CC2N(C)S1(=O)=O. The molecular weight excluding hydrogens is 423 g/mol. The third-order valence-corrected chi connectivity index (χ3v) is 10.5. The van der Waals surface area contributed by atoms with E-state index in [0.717, 1.165) is 23.2 Å². The van der Waals surface area contributed by atoms with Crippen LogP contribution in [0.1, 0.15) is 44.7 Å². The molecule has 1 saturated heterocycles. The molecule has 2 aliphatic carbocycles. The number of rotatable bonds is 3. The van der Waals surface area contributed by atoms with Crippen LogP contribution in [0.25, 0.3) is 17.2 Å². The molecule has 6 unspecified atom stereocenters. The summed E-state index contributed by atoms with van der Waals surface area (Å²) in [4.78, 5) is 4.58. The number of benzene rings is 1. The highest BCUT2D eigenvalue weighted by Crippen LogP contribution is 2.53. The van der Waals surface area contributed by atoms with Crippen LogP contribution in [0, 0.1) is 29.5 Å². The van der Waals surface area contributed by atoms with Crippen molar-refractivity contribution in [2.45, 2.75) is 50.3 Å². The van der Waals surface area contributed by atoms with Gasteiger partial charge in [-0.2, -0.15) is 0 Å². The molecule has 6 atom stereocenters. The Kier molecular flexibility index (Phi) is 5.70. The lowest BCUT2D eigenvalue weighted by atomic mass is 9.59. The molecule has 3 aliphatic rings. The Bertz CT molecular complexity index is 1110. The van der Waals surface area contributed by atoms with Crippen molar-refractivity contribution in [3.05, 3.63) is 60.2 Å². The van der Waals surface area contributed by atoms with Crippen molar-refractivity contribution >= 4 is 16.1 Å². The van der Waals surface area contributed by atoms with Gasteiger partial charge in [-0.1, -0.05) is 43.5 Å². The first-order valence-electron chi connectivity index (χ1n) is 11.7. The maximum absolute atomic E-state index is 13.5. The van der Waals surface area contributed by atoms with E-state index in [1.54, 1.807) is 23.6 Å². The molecule has 5 rings (SSSR count). The van der Waals surface area contributed by atoms with Crippen LogP contribution in [-0.4, -0.2) is 36.0 Å². The Morgan fingerprint density at radius 1 is 1.12 bits per heavy atom. The number of sulfonamides is 1. The molecule has 1 aliphatic heterocycles. The predicted molar refractivity (Wildman–Crippen MR) is 126 cm³/mol. The number of hydrogen-bond donors (Lipinski definition) is 0. The standard InChI is InChI=1S/C26H31FN2O2S/c1-17-26-24(23-9-4-3-6-19(23)15-25(26)29(2)32(17,30)31)13-12-22-11-10-20(16-28-22)18-7-5-8-21(27)14-18/h5,7-8,10-14,16-17,19,23-26H,3-4,6,9,15H2,1-2H3/b13-12+. The molecule has 0 N–H and O–H groups in total. The number of allylic oxidation sites excluding steroid dienone is 1. The van der Waals surface area contributed by atoms with Crippen LogP contribution in [0.4, 0.5) is 4.39 Å². The van der Waals surface area contributed by atoms with E-state index in [9.17, 15) is 12.8 Å². The highest BCUT2D eigenvalue weighted by atomic mass is 32.2. The van der Waals surface area contributed by atoms with Gasteiger partial charge in [0.15, 0.2) is 0 Å². The average molecular weight is 455 g/mol. The minimum absolute atomic E-state index is 0.104. The number of nitrogens with zero attached hydrogens (tertiary/aromatic N) is 2. The molecule has 6 heteroatoms. The van der Waals surface area contributed by atoms with Crippen molar-refractivity contribution in [3.63, 3.8) is 0 Å². The lowest BCUT2D eigenvalue weighted by molar-refractivity contribution is 0.0457. The van der Waals surface area contributed by atoms with E-state index in [1.165, 1.54) is 37.8 Å². The molecule has 1 aromatic heterocycles. The van der Waals surface area contributed by atoms with Crippen LogP contribution in [0.2, 0.25) is 0 Å². The Hall–Kier alpha value is -2.05. The van der Waals surface area contributed by atoms with Gasteiger partial charge < -0.3 is 0 Å². The Balaban J connectivity index is 1.43. The van der Waals surface area contributed by atoms with Gasteiger partial charge in [-0.15, -0.1) is 0 Å². The van der Waals surface area contributed by atoms with Gasteiger partial charge in [0.05, 0.1) is 10.9 Å². The van der Waals surface area contributed by atoms with Crippen LogP contribution in [0.5, 0.6) is 0 Å². The Labute approximate surface area is 190 Å². The lowest BCUT2D eigenvalue weighted by Crippen LogP contribution is -2.46. The lowest BCUT2D eigenvalue weighted by Gasteiger charge is -2.47. The minimum Gasteiger partial charge on any atom is -0.256 e. The van der Waals surface area contributed by atoms with Crippen LogP contribution >= 0.6 is 0 Å². The van der Waals surface area contributed by atoms with E-state index in [-0.39, 0.29) is 28.9 Å². The minimum atomic E-state index is -3.23. The van der Waals surface area contributed by atoms with E-state index in [2.05, 4.69) is 17.1 Å². The average Bonchev–Trinajstić information content (AvgIpc) is 2.97. The molecule has 32 heavy (non-hydrogen) atoms. The smallest absolute Gasteiger partial charge is 0.217 e. The van der Waals surface area contributed by atoms with E-state index in [0.29, 0.717) is 11.8 Å². The quantitative estimate of drug-likeness (QED) is 0.626. The number of fused-ring (bicyclic) bond motifs is 2. The van der Waals surface area contributed by atoms with E-state index in [4.69, 9.17) is 0 Å². The van der Waals surface area contributed by atoms with Crippen molar-refractivity contribution in [1.29, 1.82) is 0 Å². The first-order valence-corrected chi connectivity index (χ1v) is 13.2.